The van der Waals surface area contributed by atoms with Crippen LogP contribution in [0.1, 0.15) is 27.0 Å². The number of anilines is 1. The maximum Gasteiger partial charge on any atom is 0.264 e. The van der Waals surface area contributed by atoms with Crippen LogP contribution in [-0.2, 0) is 10.0 Å². The van der Waals surface area contributed by atoms with Crippen molar-refractivity contribution in [3.05, 3.63) is 89.0 Å². The molecule has 0 aliphatic heterocycles. The Labute approximate surface area is 189 Å². The van der Waals surface area contributed by atoms with Crippen LogP contribution in [0.25, 0.3) is 0 Å². The third kappa shape index (κ3) is 5.48. The van der Waals surface area contributed by atoms with Crippen molar-refractivity contribution in [1.82, 2.24) is 5.32 Å². The van der Waals surface area contributed by atoms with Gasteiger partial charge in [-0.2, -0.15) is 0 Å². The Balaban J connectivity index is 1.69. The lowest BCUT2D eigenvalue weighted by Gasteiger charge is -2.22. The Hall–Kier alpha value is -3.32. The van der Waals surface area contributed by atoms with E-state index in [9.17, 15) is 13.2 Å². The van der Waals surface area contributed by atoms with E-state index in [0.29, 0.717) is 12.3 Å². The van der Waals surface area contributed by atoms with Gasteiger partial charge in [-0.15, -0.1) is 0 Å². The highest BCUT2D eigenvalue weighted by molar-refractivity contribution is 7.92. The van der Waals surface area contributed by atoms with Crippen LogP contribution >= 0.6 is 0 Å². The minimum absolute atomic E-state index is 0.169. The summed E-state index contributed by atoms with van der Waals surface area (Å²) in [5.41, 5.74) is 3.76. The molecule has 0 radical (unpaired) electrons. The van der Waals surface area contributed by atoms with Crippen LogP contribution in [0, 0.1) is 20.8 Å². The van der Waals surface area contributed by atoms with Gasteiger partial charge < -0.3 is 10.1 Å². The van der Waals surface area contributed by atoms with Gasteiger partial charge in [0.05, 0.1) is 22.7 Å². The molecule has 1 amide bonds. The molecule has 6 nitrogen and oxygen atoms in total. The summed E-state index contributed by atoms with van der Waals surface area (Å²) >= 11 is 0. The second-order valence-corrected chi connectivity index (χ2v) is 9.70. The van der Waals surface area contributed by atoms with Gasteiger partial charge in [-0.3, -0.25) is 9.10 Å². The second kappa shape index (κ2) is 9.87. The third-order valence-corrected chi connectivity index (χ3v) is 6.80. The van der Waals surface area contributed by atoms with Crippen molar-refractivity contribution in [2.75, 3.05) is 24.5 Å². The molecule has 0 aliphatic carbocycles. The number of carbonyl (C=O) groups excluding carboxylic acids is 1. The van der Waals surface area contributed by atoms with Crippen molar-refractivity contribution in [1.29, 1.82) is 0 Å². The van der Waals surface area contributed by atoms with Gasteiger partial charge in [0.2, 0.25) is 0 Å². The van der Waals surface area contributed by atoms with Gasteiger partial charge in [-0.25, -0.2) is 8.42 Å². The molecular weight excluding hydrogens is 424 g/mol. The lowest BCUT2D eigenvalue weighted by Crippen LogP contribution is -2.32. The summed E-state index contributed by atoms with van der Waals surface area (Å²) in [6.07, 6.45) is 0. The highest BCUT2D eigenvalue weighted by Crippen LogP contribution is 2.26. The quantitative estimate of drug-likeness (QED) is 0.519. The van der Waals surface area contributed by atoms with Crippen molar-refractivity contribution >= 4 is 21.6 Å². The van der Waals surface area contributed by atoms with Crippen LogP contribution in [0.5, 0.6) is 5.75 Å². The fourth-order valence-electron chi connectivity index (χ4n) is 3.38. The van der Waals surface area contributed by atoms with Gasteiger partial charge in [-0.05, 0) is 68.3 Å². The summed E-state index contributed by atoms with van der Waals surface area (Å²) in [6, 6.07) is 19.2. The summed E-state index contributed by atoms with van der Waals surface area (Å²) < 4.78 is 33.0. The Kier molecular flexibility index (Phi) is 7.20. The van der Waals surface area contributed by atoms with E-state index in [-0.39, 0.29) is 22.9 Å². The predicted molar refractivity (Wildman–Crippen MR) is 127 cm³/mol. The zero-order chi connectivity index (χ0) is 23.3. The third-order valence-electron chi connectivity index (χ3n) is 5.02. The molecule has 0 atom stereocenters. The zero-order valence-electron chi connectivity index (χ0n) is 18.8. The molecule has 0 bridgehead atoms. The van der Waals surface area contributed by atoms with E-state index in [2.05, 4.69) is 11.4 Å². The minimum Gasteiger partial charge on any atom is -0.492 e. The molecule has 3 aromatic rings. The molecule has 0 saturated heterocycles. The van der Waals surface area contributed by atoms with E-state index in [1.807, 2.05) is 32.9 Å². The molecule has 0 heterocycles. The molecule has 0 unspecified atom stereocenters. The van der Waals surface area contributed by atoms with Crippen LogP contribution in [0.3, 0.4) is 0 Å². The first-order chi connectivity index (χ1) is 15.2. The van der Waals surface area contributed by atoms with Gasteiger partial charge in [0.15, 0.2) is 0 Å². The Morgan fingerprint density at radius 3 is 2.19 bits per heavy atom. The highest BCUT2D eigenvalue weighted by atomic mass is 32.2. The van der Waals surface area contributed by atoms with Crippen LogP contribution < -0.4 is 14.4 Å². The molecule has 1 N–H and O–H groups in total. The van der Waals surface area contributed by atoms with Crippen molar-refractivity contribution < 1.29 is 17.9 Å². The number of rotatable bonds is 8. The minimum atomic E-state index is -3.81. The number of carbonyl (C=O) groups is 1. The maximum atomic E-state index is 13.1. The number of ether oxygens (including phenoxy) is 1. The standard InChI is InChI=1S/C25H28N2O4S/c1-18-9-11-22(12-10-18)32(29,30)27(4)24-8-6-5-7-23(24)25(28)26-13-14-31-21-16-19(2)15-20(3)17-21/h5-12,15-17H,13-14H2,1-4H3,(H,26,28). The molecule has 0 aliphatic rings. The monoisotopic (exact) mass is 452 g/mol. The van der Waals surface area contributed by atoms with E-state index in [1.54, 1.807) is 48.5 Å². The van der Waals surface area contributed by atoms with Crippen molar-refractivity contribution in [2.24, 2.45) is 0 Å². The first kappa shape index (κ1) is 23.3. The fraction of sp³-hybridized carbons (Fsp3) is 0.240. The number of nitrogens with zero attached hydrogens (tertiary/aromatic N) is 1. The Morgan fingerprint density at radius 1 is 0.906 bits per heavy atom. The van der Waals surface area contributed by atoms with Crippen LogP contribution in [0.2, 0.25) is 0 Å². The first-order valence-corrected chi connectivity index (χ1v) is 11.8. The van der Waals surface area contributed by atoms with E-state index in [1.165, 1.54) is 7.05 Å². The first-order valence-electron chi connectivity index (χ1n) is 10.3. The molecule has 0 spiro atoms. The summed E-state index contributed by atoms with van der Waals surface area (Å²) in [4.78, 5) is 13.0. The molecule has 3 rings (SSSR count). The number of aryl methyl sites for hydroxylation is 3. The molecular formula is C25H28N2O4S. The second-order valence-electron chi connectivity index (χ2n) is 7.73. The van der Waals surface area contributed by atoms with Crippen LogP contribution in [0.15, 0.2) is 71.6 Å². The van der Waals surface area contributed by atoms with Gasteiger partial charge in [-0.1, -0.05) is 35.9 Å². The topological polar surface area (TPSA) is 75.7 Å². The molecule has 0 fully saturated rings. The summed E-state index contributed by atoms with van der Waals surface area (Å²) in [7, 11) is -2.36. The van der Waals surface area contributed by atoms with E-state index in [4.69, 9.17) is 4.74 Å². The average Bonchev–Trinajstić information content (AvgIpc) is 2.75. The van der Waals surface area contributed by atoms with E-state index >= 15 is 0 Å². The average molecular weight is 453 g/mol. The number of nitrogens with one attached hydrogen (secondary N) is 1. The number of amides is 1. The van der Waals surface area contributed by atoms with Crippen molar-refractivity contribution in [2.45, 2.75) is 25.7 Å². The molecule has 0 saturated carbocycles. The van der Waals surface area contributed by atoms with Gasteiger partial charge in [0, 0.05) is 7.05 Å². The van der Waals surface area contributed by atoms with Gasteiger partial charge >= 0.3 is 0 Å². The number of hydrogen-bond acceptors (Lipinski definition) is 4. The summed E-state index contributed by atoms with van der Waals surface area (Å²) in [5.74, 6) is 0.386. The van der Waals surface area contributed by atoms with Gasteiger partial charge in [0.25, 0.3) is 15.9 Å². The number of hydrogen-bond donors (Lipinski definition) is 1. The van der Waals surface area contributed by atoms with Crippen LogP contribution in [-0.4, -0.2) is 34.5 Å². The number of sulfonamides is 1. The zero-order valence-corrected chi connectivity index (χ0v) is 19.6. The Morgan fingerprint density at radius 2 is 1.53 bits per heavy atom. The Bertz CT molecular complexity index is 1180. The summed E-state index contributed by atoms with van der Waals surface area (Å²) in [5, 5.41) is 2.81. The van der Waals surface area contributed by atoms with Crippen LogP contribution in [0.4, 0.5) is 5.69 Å². The van der Waals surface area contributed by atoms with Crippen molar-refractivity contribution in [3.8, 4) is 5.75 Å². The highest BCUT2D eigenvalue weighted by Gasteiger charge is 2.24. The predicted octanol–water partition coefficient (Wildman–Crippen LogP) is 4.25. The number of benzene rings is 3. The molecule has 3 aromatic carbocycles. The maximum absolute atomic E-state index is 13.1. The summed E-state index contributed by atoms with van der Waals surface area (Å²) in [6.45, 7) is 6.48. The number of para-hydroxylation sites is 1. The molecule has 168 valence electrons. The molecule has 32 heavy (non-hydrogen) atoms. The smallest absolute Gasteiger partial charge is 0.264 e. The van der Waals surface area contributed by atoms with Crippen molar-refractivity contribution in [3.63, 3.8) is 0 Å². The molecule has 7 heteroatoms. The van der Waals surface area contributed by atoms with E-state index < -0.39 is 10.0 Å². The van der Waals surface area contributed by atoms with E-state index in [0.717, 1.165) is 26.7 Å². The lowest BCUT2D eigenvalue weighted by molar-refractivity contribution is 0.0947. The lowest BCUT2D eigenvalue weighted by atomic mass is 10.1. The fourth-order valence-corrected chi connectivity index (χ4v) is 4.60. The largest absolute Gasteiger partial charge is 0.492 e. The molecule has 0 aromatic heterocycles. The van der Waals surface area contributed by atoms with Gasteiger partial charge in [0.1, 0.15) is 12.4 Å². The normalized spacial score (nSPS) is 11.1. The SMILES string of the molecule is Cc1ccc(S(=O)(=O)N(C)c2ccccc2C(=O)NCCOc2cc(C)cc(C)c2)cc1.